The van der Waals surface area contributed by atoms with Crippen molar-refractivity contribution in [2.45, 2.75) is 50.0 Å². The molecule has 0 spiro atoms. The third-order valence-corrected chi connectivity index (χ3v) is 4.94. The van der Waals surface area contributed by atoms with Gasteiger partial charge in [-0.1, -0.05) is 25.0 Å². The predicted molar refractivity (Wildman–Crippen MR) is 87.8 cm³/mol. The van der Waals surface area contributed by atoms with Gasteiger partial charge in [0, 0.05) is 6.04 Å². The standard InChI is InChI=1S/C17H23FN2O.ClH/c18-14-5-3-4-13(12-14)17(8-1-2-9-17)16(21)20-15-6-10-19-11-7-15;/h3-5,12,15,19H,1-2,6-11H2,(H,20,21);1H. The van der Waals surface area contributed by atoms with Crippen molar-refractivity contribution in [2.24, 2.45) is 0 Å². The van der Waals surface area contributed by atoms with E-state index in [0.717, 1.165) is 57.2 Å². The summed E-state index contributed by atoms with van der Waals surface area (Å²) < 4.78 is 13.6. The third-order valence-electron chi connectivity index (χ3n) is 4.94. The lowest BCUT2D eigenvalue weighted by Crippen LogP contribution is -2.50. The molecule has 0 radical (unpaired) electrons. The molecule has 1 saturated carbocycles. The molecule has 5 heteroatoms. The van der Waals surface area contributed by atoms with Crippen LogP contribution in [0.5, 0.6) is 0 Å². The molecule has 2 N–H and O–H groups in total. The van der Waals surface area contributed by atoms with Gasteiger partial charge in [0.15, 0.2) is 0 Å². The Bertz CT molecular complexity index is 511. The largest absolute Gasteiger partial charge is 0.353 e. The van der Waals surface area contributed by atoms with Crippen LogP contribution < -0.4 is 10.6 Å². The molecule has 0 aromatic heterocycles. The summed E-state index contributed by atoms with van der Waals surface area (Å²) in [4.78, 5) is 12.9. The first-order valence-corrected chi connectivity index (χ1v) is 7.98. The number of piperidine rings is 1. The van der Waals surface area contributed by atoms with Crippen molar-refractivity contribution in [3.8, 4) is 0 Å². The van der Waals surface area contributed by atoms with E-state index in [4.69, 9.17) is 0 Å². The lowest BCUT2D eigenvalue weighted by atomic mass is 9.77. The molecule has 1 aliphatic heterocycles. The molecule has 22 heavy (non-hydrogen) atoms. The van der Waals surface area contributed by atoms with Crippen molar-refractivity contribution < 1.29 is 9.18 Å². The van der Waals surface area contributed by atoms with Crippen LogP contribution in [0.4, 0.5) is 4.39 Å². The highest BCUT2D eigenvalue weighted by atomic mass is 35.5. The van der Waals surface area contributed by atoms with Gasteiger partial charge in [-0.05, 0) is 56.5 Å². The average Bonchev–Trinajstić information content (AvgIpc) is 2.99. The van der Waals surface area contributed by atoms with E-state index in [1.807, 2.05) is 6.07 Å². The maximum atomic E-state index is 13.6. The van der Waals surface area contributed by atoms with E-state index in [-0.39, 0.29) is 30.2 Å². The molecule has 1 heterocycles. The normalized spacial score (nSPS) is 21.1. The van der Waals surface area contributed by atoms with Crippen molar-refractivity contribution in [3.63, 3.8) is 0 Å². The van der Waals surface area contributed by atoms with Crippen molar-refractivity contribution in [1.29, 1.82) is 0 Å². The molecule has 1 amide bonds. The predicted octanol–water partition coefficient (Wildman–Crippen LogP) is 2.93. The van der Waals surface area contributed by atoms with Crippen LogP contribution in [0.3, 0.4) is 0 Å². The number of nitrogens with one attached hydrogen (secondary N) is 2. The molecule has 1 aromatic carbocycles. The summed E-state index contributed by atoms with van der Waals surface area (Å²) in [6, 6.07) is 6.84. The van der Waals surface area contributed by atoms with Crippen LogP contribution in [0, 0.1) is 5.82 Å². The Morgan fingerprint density at radius 3 is 2.55 bits per heavy atom. The van der Waals surface area contributed by atoms with Crippen LogP contribution in [0.1, 0.15) is 44.1 Å². The SMILES string of the molecule is Cl.O=C(NC1CCNCC1)C1(c2cccc(F)c2)CCCC1. The molecule has 3 nitrogen and oxygen atoms in total. The molecule has 3 rings (SSSR count). The number of hydrogen-bond donors (Lipinski definition) is 2. The first kappa shape index (κ1) is 17.2. The Kier molecular flexibility index (Phi) is 5.81. The van der Waals surface area contributed by atoms with Gasteiger partial charge in [-0.3, -0.25) is 4.79 Å². The number of benzene rings is 1. The molecular weight excluding hydrogens is 303 g/mol. The van der Waals surface area contributed by atoms with Gasteiger partial charge in [0.1, 0.15) is 5.82 Å². The minimum Gasteiger partial charge on any atom is -0.353 e. The van der Waals surface area contributed by atoms with Crippen LogP contribution in [-0.2, 0) is 10.2 Å². The van der Waals surface area contributed by atoms with E-state index >= 15 is 0 Å². The van der Waals surface area contributed by atoms with Crippen LogP contribution in [0.15, 0.2) is 24.3 Å². The molecule has 1 aliphatic carbocycles. The van der Waals surface area contributed by atoms with E-state index in [1.54, 1.807) is 6.07 Å². The van der Waals surface area contributed by atoms with E-state index in [0.29, 0.717) is 0 Å². The molecular formula is C17H24ClFN2O. The maximum absolute atomic E-state index is 13.6. The summed E-state index contributed by atoms with van der Waals surface area (Å²) in [5.41, 5.74) is 0.318. The second-order valence-electron chi connectivity index (χ2n) is 6.30. The molecule has 2 aliphatic rings. The van der Waals surface area contributed by atoms with Crippen LogP contribution >= 0.6 is 12.4 Å². The highest BCUT2D eigenvalue weighted by Gasteiger charge is 2.43. The van der Waals surface area contributed by atoms with Gasteiger partial charge in [-0.2, -0.15) is 0 Å². The van der Waals surface area contributed by atoms with Gasteiger partial charge in [0.05, 0.1) is 5.41 Å². The Labute approximate surface area is 137 Å². The van der Waals surface area contributed by atoms with Crippen LogP contribution in [-0.4, -0.2) is 25.0 Å². The van der Waals surface area contributed by atoms with Crippen molar-refractivity contribution >= 4 is 18.3 Å². The Balaban J connectivity index is 0.00000176. The van der Waals surface area contributed by atoms with Crippen LogP contribution in [0.2, 0.25) is 0 Å². The molecule has 2 fully saturated rings. The zero-order valence-electron chi connectivity index (χ0n) is 12.7. The molecule has 1 saturated heterocycles. The minimum atomic E-state index is -0.521. The molecule has 0 atom stereocenters. The summed E-state index contributed by atoms with van der Waals surface area (Å²) in [5, 5.41) is 6.52. The fourth-order valence-electron chi connectivity index (χ4n) is 3.70. The number of carbonyl (C=O) groups excluding carboxylic acids is 1. The summed E-state index contributed by atoms with van der Waals surface area (Å²) >= 11 is 0. The number of rotatable bonds is 3. The number of carbonyl (C=O) groups is 1. The second kappa shape index (κ2) is 7.42. The monoisotopic (exact) mass is 326 g/mol. The van der Waals surface area contributed by atoms with E-state index in [1.165, 1.54) is 12.1 Å². The van der Waals surface area contributed by atoms with Crippen LogP contribution in [0.25, 0.3) is 0 Å². The van der Waals surface area contributed by atoms with Gasteiger partial charge in [-0.15, -0.1) is 12.4 Å². The van der Waals surface area contributed by atoms with Gasteiger partial charge >= 0.3 is 0 Å². The van der Waals surface area contributed by atoms with E-state index in [9.17, 15) is 9.18 Å². The van der Waals surface area contributed by atoms with Gasteiger partial charge in [0.25, 0.3) is 0 Å². The van der Waals surface area contributed by atoms with Gasteiger partial charge < -0.3 is 10.6 Å². The van der Waals surface area contributed by atoms with E-state index < -0.39 is 5.41 Å². The molecule has 0 bridgehead atoms. The Hall–Kier alpha value is -1.13. The topological polar surface area (TPSA) is 41.1 Å². The lowest BCUT2D eigenvalue weighted by molar-refractivity contribution is -0.127. The number of hydrogen-bond acceptors (Lipinski definition) is 2. The molecule has 1 aromatic rings. The first-order chi connectivity index (χ1) is 10.2. The minimum absolute atomic E-state index is 0. The highest BCUT2D eigenvalue weighted by molar-refractivity contribution is 5.88. The van der Waals surface area contributed by atoms with Crippen molar-refractivity contribution in [3.05, 3.63) is 35.6 Å². The molecule has 0 unspecified atom stereocenters. The lowest BCUT2D eigenvalue weighted by Gasteiger charge is -2.32. The summed E-state index contributed by atoms with van der Waals surface area (Å²) in [7, 11) is 0. The fraction of sp³-hybridized carbons (Fsp3) is 0.588. The first-order valence-electron chi connectivity index (χ1n) is 7.98. The summed E-state index contributed by atoms with van der Waals surface area (Å²) in [6.45, 7) is 1.91. The zero-order valence-corrected chi connectivity index (χ0v) is 13.6. The summed E-state index contributed by atoms with van der Waals surface area (Å²) in [6.07, 6.45) is 5.68. The average molecular weight is 327 g/mol. The highest BCUT2D eigenvalue weighted by Crippen LogP contribution is 2.41. The van der Waals surface area contributed by atoms with E-state index in [2.05, 4.69) is 10.6 Å². The maximum Gasteiger partial charge on any atom is 0.230 e. The van der Waals surface area contributed by atoms with Gasteiger partial charge in [0.2, 0.25) is 5.91 Å². The van der Waals surface area contributed by atoms with Crippen molar-refractivity contribution in [2.75, 3.05) is 13.1 Å². The number of halogens is 2. The summed E-state index contributed by atoms with van der Waals surface area (Å²) in [5.74, 6) is -0.161. The zero-order chi connectivity index (χ0) is 14.7. The number of amides is 1. The van der Waals surface area contributed by atoms with Gasteiger partial charge in [-0.25, -0.2) is 4.39 Å². The van der Waals surface area contributed by atoms with Crippen molar-refractivity contribution in [1.82, 2.24) is 10.6 Å². The Morgan fingerprint density at radius 2 is 1.91 bits per heavy atom. The third kappa shape index (κ3) is 3.44. The quantitative estimate of drug-likeness (QED) is 0.896. The molecule has 122 valence electrons. The fourth-order valence-corrected chi connectivity index (χ4v) is 3.70. The Morgan fingerprint density at radius 1 is 1.23 bits per heavy atom. The smallest absolute Gasteiger partial charge is 0.230 e. The second-order valence-corrected chi connectivity index (χ2v) is 6.30.